The number of rotatable bonds is 3. The molecule has 0 aromatic heterocycles. The minimum Gasteiger partial charge on any atom is -0.372 e. The standard InChI is InChI=1S/C14H26N4/c1-3-7-13(15-9-5-1)17-11-12-18-14-8-4-2-6-10-16-14/h1-12H2,(H,15,17)(H,16,18). The van der Waals surface area contributed by atoms with E-state index in [0.717, 1.165) is 39.0 Å². The first kappa shape index (κ1) is 13.4. The van der Waals surface area contributed by atoms with Gasteiger partial charge in [0.1, 0.15) is 0 Å². The minimum absolute atomic E-state index is 0.956. The topological polar surface area (TPSA) is 48.8 Å². The van der Waals surface area contributed by atoms with E-state index in [1.54, 1.807) is 0 Å². The minimum atomic E-state index is 0.956. The zero-order chi connectivity index (χ0) is 12.5. The normalized spacial score (nSPS) is 21.3. The number of hydrogen-bond acceptors (Lipinski definition) is 4. The smallest absolute Gasteiger partial charge is 0.0963 e. The van der Waals surface area contributed by atoms with E-state index < -0.39 is 0 Å². The van der Waals surface area contributed by atoms with Crippen LogP contribution in [0.2, 0.25) is 0 Å². The van der Waals surface area contributed by atoms with Gasteiger partial charge >= 0.3 is 0 Å². The zero-order valence-electron chi connectivity index (χ0n) is 11.4. The highest BCUT2D eigenvalue weighted by atomic mass is 15.0. The summed E-state index contributed by atoms with van der Waals surface area (Å²) in [6.07, 6.45) is 9.97. The van der Waals surface area contributed by atoms with Crippen molar-refractivity contribution in [3.05, 3.63) is 0 Å². The van der Waals surface area contributed by atoms with Crippen LogP contribution in [0.25, 0.3) is 0 Å². The van der Waals surface area contributed by atoms with Crippen molar-refractivity contribution in [2.45, 2.75) is 51.4 Å². The highest BCUT2D eigenvalue weighted by Crippen LogP contribution is 2.06. The Kier molecular flexibility index (Phi) is 6.03. The first-order valence-electron chi connectivity index (χ1n) is 7.49. The van der Waals surface area contributed by atoms with Crippen LogP contribution in [0.4, 0.5) is 0 Å². The summed E-state index contributed by atoms with van der Waals surface area (Å²) in [7, 11) is 0. The molecule has 0 amide bonds. The lowest BCUT2D eigenvalue weighted by Gasteiger charge is -2.11. The van der Waals surface area contributed by atoms with Crippen LogP contribution in [0.5, 0.6) is 0 Å². The molecule has 2 aliphatic rings. The Labute approximate surface area is 110 Å². The van der Waals surface area contributed by atoms with Crippen LogP contribution in [-0.4, -0.2) is 37.9 Å². The van der Waals surface area contributed by atoms with E-state index in [-0.39, 0.29) is 0 Å². The lowest BCUT2D eigenvalue weighted by Crippen LogP contribution is -2.34. The van der Waals surface area contributed by atoms with Gasteiger partial charge in [-0.15, -0.1) is 0 Å². The van der Waals surface area contributed by atoms with E-state index in [1.165, 1.54) is 50.2 Å². The molecule has 102 valence electrons. The molecule has 0 spiro atoms. The van der Waals surface area contributed by atoms with E-state index in [0.29, 0.717) is 0 Å². The van der Waals surface area contributed by atoms with Gasteiger partial charge < -0.3 is 10.6 Å². The largest absolute Gasteiger partial charge is 0.372 e. The summed E-state index contributed by atoms with van der Waals surface area (Å²) in [5, 5.41) is 6.90. The first-order valence-corrected chi connectivity index (χ1v) is 7.49. The van der Waals surface area contributed by atoms with Crippen molar-refractivity contribution in [2.24, 2.45) is 9.98 Å². The third-order valence-corrected chi connectivity index (χ3v) is 3.53. The molecule has 4 nitrogen and oxygen atoms in total. The maximum atomic E-state index is 4.57. The van der Waals surface area contributed by atoms with Crippen molar-refractivity contribution in [1.29, 1.82) is 0 Å². The van der Waals surface area contributed by atoms with E-state index in [4.69, 9.17) is 0 Å². The van der Waals surface area contributed by atoms with Crippen LogP contribution < -0.4 is 10.6 Å². The molecule has 0 saturated heterocycles. The molecular weight excluding hydrogens is 224 g/mol. The van der Waals surface area contributed by atoms with Crippen LogP contribution in [0.15, 0.2) is 9.98 Å². The summed E-state index contributed by atoms with van der Waals surface area (Å²) in [5.41, 5.74) is 0. The maximum absolute atomic E-state index is 4.57. The Morgan fingerprint density at radius 3 is 1.67 bits per heavy atom. The van der Waals surface area contributed by atoms with Crippen molar-refractivity contribution >= 4 is 11.7 Å². The quantitative estimate of drug-likeness (QED) is 0.754. The van der Waals surface area contributed by atoms with Crippen LogP contribution in [-0.2, 0) is 0 Å². The predicted molar refractivity (Wildman–Crippen MR) is 77.5 cm³/mol. The SMILES string of the molecule is C1CCN=C(NCCNC2=NCCCCC2)CC1. The van der Waals surface area contributed by atoms with Gasteiger partial charge in [-0.25, -0.2) is 0 Å². The van der Waals surface area contributed by atoms with Gasteiger partial charge in [0.15, 0.2) is 0 Å². The van der Waals surface area contributed by atoms with Gasteiger partial charge in [-0.1, -0.05) is 12.8 Å². The number of nitrogens with one attached hydrogen (secondary N) is 2. The number of nitrogens with zero attached hydrogens (tertiary/aromatic N) is 2. The lowest BCUT2D eigenvalue weighted by molar-refractivity contribution is 0.723. The summed E-state index contributed by atoms with van der Waals surface area (Å²) in [4.78, 5) is 9.14. The first-order chi connectivity index (χ1) is 8.95. The molecule has 0 saturated carbocycles. The molecule has 0 unspecified atom stereocenters. The fourth-order valence-electron chi connectivity index (χ4n) is 2.45. The average Bonchev–Trinajstić information content (AvgIpc) is 2.79. The van der Waals surface area contributed by atoms with Crippen LogP contribution >= 0.6 is 0 Å². The Morgan fingerprint density at radius 1 is 0.667 bits per heavy atom. The zero-order valence-corrected chi connectivity index (χ0v) is 11.4. The van der Waals surface area contributed by atoms with Gasteiger partial charge in [-0.3, -0.25) is 9.98 Å². The lowest BCUT2D eigenvalue weighted by atomic mass is 10.2. The molecule has 2 N–H and O–H groups in total. The molecule has 4 heteroatoms. The number of aliphatic imine (C=N–C) groups is 2. The van der Waals surface area contributed by atoms with Gasteiger partial charge in [-0.2, -0.15) is 0 Å². The fraction of sp³-hybridized carbons (Fsp3) is 0.857. The molecular formula is C14H26N4. The predicted octanol–water partition coefficient (Wildman–Crippen LogP) is 2.11. The maximum Gasteiger partial charge on any atom is 0.0963 e. The molecule has 0 bridgehead atoms. The van der Waals surface area contributed by atoms with Crippen LogP contribution in [0, 0.1) is 0 Å². The Morgan fingerprint density at radius 2 is 1.17 bits per heavy atom. The number of hydrogen-bond donors (Lipinski definition) is 2. The Bertz CT molecular complexity index is 266. The summed E-state index contributed by atoms with van der Waals surface area (Å²) in [6.45, 7) is 3.92. The molecule has 0 radical (unpaired) electrons. The molecule has 2 rings (SSSR count). The summed E-state index contributed by atoms with van der Waals surface area (Å²) in [6, 6.07) is 0. The van der Waals surface area contributed by atoms with E-state index in [2.05, 4.69) is 20.6 Å². The second-order valence-electron chi connectivity index (χ2n) is 5.13. The van der Waals surface area contributed by atoms with E-state index in [9.17, 15) is 0 Å². The van der Waals surface area contributed by atoms with Gasteiger partial charge in [-0.05, 0) is 25.7 Å². The monoisotopic (exact) mass is 250 g/mol. The van der Waals surface area contributed by atoms with Crippen molar-refractivity contribution in [2.75, 3.05) is 26.2 Å². The molecule has 0 aromatic rings. The average molecular weight is 250 g/mol. The summed E-state index contributed by atoms with van der Waals surface area (Å²) < 4.78 is 0. The molecule has 0 aliphatic carbocycles. The molecule has 0 atom stereocenters. The third-order valence-electron chi connectivity index (χ3n) is 3.53. The molecule has 2 aliphatic heterocycles. The van der Waals surface area contributed by atoms with Crippen molar-refractivity contribution < 1.29 is 0 Å². The molecule has 18 heavy (non-hydrogen) atoms. The van der Waals surface area contributed by atoms with Gasteiger partial charge in [0.2, 0.25) is 0 Å². The number of amidine groups is 2. The molecule has 0 aromatic carbocycles. The van der Waals surface area contributed by atoms with Crippen molar-refractivity contribution in [1.82, 2.24) is 10.6 Å². The Hall–Kier alpha value is -1.06. The molecule has 2 heterocycles. The highest BCUT2D eigenvalue weighted by Gasteiger charge is 2.05. The Balaban J connectivity index is 1.60. The highest BCUT2D eigenvalue weighted by molar-refractivity contribution is 5.83. The van der Waals surface area contributed by atoms with Gasteiger partial charge in [0.05, 0.1) is 11.7 Å². The summed E-state index contributed by atoms with van der Waals surface area (Å²) >= 11 is 0. The van der Waals surface area contributed by atoms with Crippen LogP contribution in [0.1, 0.15) is 51.4 Å². The van der Waals surface area contributed by atoms with Crippen molar-refractivity contribution in [3.8, 4) is 0 Å². The van der Waals surface area contributed by atoms with Crippen LogP contribution in [0.3, 0.4) is 0 Å². The van der Waals surface area contributed by atoms with E-state index >= 15 is 0 Å². The summed E-state index contributed by atoms with van der Waals surface area (Å²) in [5.74, 6) is 2.41. The second-order valence-corrected chi connectivity index (χ2v) is 5.13. The third kappa shape index (κ3) is 5.07. The van der Waals surface area contributed by atoms with Gasteiger partial charge in [0, 0.05) is 39.0 Å². The van der Waals surface area contributed by atoms with E-state index in [1.807, 2.05) is 0 Å². The fourth-order valence-corrected chi connectivity index (χ4v) is 2.45. The second kappa shape index (κ2) is 8.11. The van der Waals surface area contributed by atoms with Crippen molar-refractivity contribution in [3.63, 3.8) is 0 Å². The van der Waals surface area contributed by atoms with Gasteiger partial charge in [0.25, 0.3) is 0 Å². The molecule has 0 fully saturated rings.